The van der Waals surface area contributed by atoms with E-state index in [0.29, 0.717) is 23.6 Å². The van der Waals surface area contributed by atoms with Crippen molar-refractivity contribution in [2.75, 3.05) is 12.4 Å². The van der Waals surface area contributed by atoms with Crippen molar-refractivity contribution < 1.29 is 19.1 Å². The van der Waals surface area contributed by atoms with Crippen molar-refractivity contribution >= 4 is 17.6 Å². The number of amides is 1. The molecule has 0 radical (unpaired) electrons. The molecule has 0 aliphatic heterocycles. The molecule has 0 heterocycles. The molecule has 0 bridgehead atoms. The summed E-state index contributed by atoms with van der Waals surface area (Å²) in [7, 11) is 1.35. The summed E-state index contributed by atoms with van der Waals surface area (Å²) in [6, 6.07) is 14.2. The lowest BCUT2D eigenvalue weighted by Gasteiger charge is -2.11. The molecule has 0 aliphatic carbocycles. The van der Waals surface area contributed by atoms with Gasteiger partial charge in [-0.25, -0.2) is 4.79 Å². The van der Waals surface area contributed by atoms with Crippen molar-refractivity contribution in [3.8, 4) is 5.75 Å². The first-order valence-corrected chi connectivity index (χ1v) is 6.77. The second-order valence-corrected chi connectivity index (χ2v) is 4.65. The van der Waals surface area contributed by atoms with Gasteiger partial charge in [0.1, 0.15) is 12.4 Å². The van der Waals surface area contributed by atoms with Crippen molar-refractivity contribution in [2.45, 2.75) is 13.5 Å². The fourth-order valence-electron chi connectivity index (χ4n) is 1.90. The normalized spacial score (nSPS) is 9.91. The summed E-state index contributed by atoms with van der Waals surface area (Å²) in [5, 5.41) is 2.72. The molecule has 22 heavy (non-hydrogen) atoms. The molecule has 0 atom stereocenters. The molecule has 5 heteroatoms. The average Bonchev–Trinajstić information content (AvgIpc) is 2.53. The Morgan fingerprint density at radius 3 is 2.36 bits per heavy atom. The maximum absolute atomic E-state index is 11.4. The summed E-state index contributed by atoms with van der Waals surface area (Å²) in [6.07, 6.45) is 0. The third-order valence-corrected chi connectivity index (χ3v) is 2.97. The average molecular weight is 299 g/mol. The highest BCUT2D eigenvalue weighted by atomic mass is 16.5. The number of carbonyl (C=O) groups is 2. The van der Waals surface area contributed by atoms with E-state index < -0.39 is 0 Å². The quantitative estimate of drug-likeness (QED) is 0.862. The molecule has 0 aromatic heterocycles. The van der Waals surface area contributed by atoms with E-state index in [4.69, 9.17) is 4.74 Å². The summed E-state index contributed by atoms with van der Waals surface area (Å²) < 4.78 is 10.4. The maximum Gasteiger partial charge on any atom is 0.337 e. The number of rotatable bonds is 5. The molecular weight excluding hydrogens is 282 g/mol. The van der Waals surface area contributed by atoms with Crippen LogP contribution < -0.4 is 10.1 Å². The third kappa shape index (κ3) is 4.09. The first-order valence-electron chi connectivity index (χ1n) is 6.77. The Labute approximate surface area is 128 Å². The number of hydrogen-bond acceptors (Lipinski definition) is 4. The van der Waals surface area contributed by atoms with Crippen LogP contribution in [0.1, 0.15) is 22.8 Å². The summed E-state index contributed by atoms with van der Waals surface area (Å²) in [5.74, 6) is 0.0664. The van der Waals surface area contributed by atoms with Crippen molar-refractivity contribution in [3.63, 3.8) is 0 Å². The fourth-order valence-corrected chi connectivity index (χ4v) is 1.90. The van der Waals surface area contributed by atoms with Crippen LogP contribution in [0.15, 0.2) is 48.5 Å². The van der Waals surface area contributed by atoms with Gasteiger partial charge in [0.15, 0.2) is 0 Å². The zero-order valence-electron chi connectivity index (χ0n) is 12.5. The molecule has 0 aliphatic rings. The molecule has 5 nitrogen and oxygen atoms in total. The van der Waals surface area contributed by atoms with Crippen LogP contribution in [0.2, 0.25) is 0 Å². The number of esters is 1. The van der Waals surface area contributed by atoms with Gasteiger partial charge >= 0.3 is 5.97 Å². The minimum absolute atomic E-state index is 0.154. The van der Waals surface area contributed by atoms with Gasteiger partial charge in [-0.1, -0.05) is 24.3 Å². The molecule has 0 spiro atoms. The van der Waals surface area contributed by atoms with E-state index >= 15 is 0 Å². The van der Waals surface area contributed by atoms with Gasteiger partial charge in [-0.05, 0) is 29.8 Å². The summed E-state index contributed by atoms with van der Waals surface area (Å²) in [6.45, 7) is 1.78. The first-order chi connectivity index (χ1) is 10.6. The third-order valence-electron chi connectivity index (χ3n) is 2.97. The van der Waals surface area contributed by atoms with Crippen molar-refractivity contribution in [1.29, 1.82) is 0 Å². The van der Waals surface area contributed by atoms with Gasteiger partial charge in [0.25, 0.3) is 0 Å². The van der Waals surface area contributed by atoms with Gasteiger partial charge in [0.05, 0.1) is 18.4 Å². The zero-order valence-corrected chi connectivity index (χ0v) is 12.5. The van der Waals surface area contributed by atoms with Gasteiger partial charge in [-0.15, -0.1) is 0 Å². The Balaban J connectivity index is 2.04. The van der Waals surface area contributed by atoms with Crippen LogP contribution in [0, 0.1) is 0 Å². The molecule has 2 aromatic rings. The molecule has 1 N–H and O–H groups in total. The number of hydrogen-bond donors (Lipinski definition) is 1. The summed E-state index contributed by atoms with van der Waals surface area (Å²) in [4.78, 5) is 22.5. The molecule has 0 saturated heterocycles. The van der Waals surface area contributed by atoms with E-state index in [1.165, 1.54) is 14.0 Å². The Kier molecular flexibility index (Phi) is 5.14. The van der Waals surface area contributed by atoms with Gasteiger partial charge < -0.3 is 14.8 Å². The topological polar surface area (TPSA) is 64.6 Å². The largest absolute Gasteiger partial charge is 0.487 e. The second-order valence-electron chi connectivity index (χ2n) is 4.65. The highest BCUT2D eigenvalue weighted by Gasteiger charge is 2.06. The highest BCUT2D eigenvalue weighted by Crippen LogP contribution is 2.24. The summed E-state index contributed by atoms with van der Waals surface area (Å²) >= 11 is 0. The molecular formula is C17H17NO4. The van der Waals surface area contributed by atoms with Gasteiger partial charge in [-0.3, -0.25) is 4.79 Å². The van der Waals surface area contributed by atoms with Crippen LogP contribution in [-0.2, 0) is 16.1 Å². The van der Waals surface area contributed by atoms with Crippen molar-refractivity contribution in [2.24, 2.45) is 0 Å². The standard InChI is InChI=1S/C17H17NO4/c1-12(19)18-15-5-3-4-6-16(15)22-11-13-7-9-14(10-8-13)17(20)21-2/h3-10H,11H2,1-2H3,(H,18,19). The van der Waals surface area contributed by atoms with Crippen molar-refractivity contribution in [1.82, 2.24) is 0 Å². The fraction of sp³-hybridized carbons (Fsp3) is 0.176. The Bertz CT molecular complexity index is 665. The first kappa shape index (κ1) is 15.6. The molecule has 2 rings (SSSR count). The van der Waals surface area contributed by atoms with E-state index in [0.717, 1.165) is 5.56 Å². The van der Waals surface area contributed by atoms with Gasteiger partial charge in [-0.2, -0.15) is 0 Å². The number of ether oxygens (including phenoxy) is 2. The second kappa shape index (κ2) is 7.26. The van der Waals surface area contributed by atoms with E-state index in [-0.39, 0.29) is 11.9 Å². The van der Waals surface area contributed by atoms with Crippen LogP contribution in [0.25, 0.3) is 0 Å². The number of nitrogens with one attached hydrogen (secondary N) is 1. The van der Waals surface area contributed by atoms with Gasteiger partial charge in [0, 0.05) is 6.92 Å². The van der Waals surface area contributed by atoms with E-state index in [2.05, 4.69) is 10.1 Å². The van der Waals surface area contributed by atoms with E-state index in [1.807, 2.05) is 12.1 Å². The number of anilines is 1. The molecule has 1 amide bonds. The molecule has 114 valence electrons. The SMILES string of the molecule is COC(=O)c1ccc(COc2ccccc2NC(C)=O)cc1. The number of para-hydroxylation sites is 2. The van der Waals surface area contributed by atoms with Crippen LogP contribution >= 0.6 is 0 Å². The lowest BCUT2D eigenvalue weighted by molar-refractivity contribution is -0.114. The highest BCUT2D eigenvalue weighted by molar-refractivity contribution is 5.90. The van der Waals surface area contributed by atoms with E-state index in [9.17, 15) is 9.59 Å². The maximum atomic E-state index is 11.4. The summed E-state index contributed by atoms with van der Waals surface area (Å²) in [5.41, 5.74) is 2.02. The minimum atomic E-state index is -0.372. The predicted molar refractivity (Wildman–Crippen MR) is 82.9 cm³/mol. The number of carbonyl (C=O) groups excluding carboxylic acids is 2. The lowest BCUT2D eigenvalue weighted by atomic mass is 10.1. The van der Waals surface area contributed by atoms with Crippen LogP contribution in [0.5, 0.6) is 5.75 Å². The zero-order chi connectivity index (χ0) is 15.9. The Morgan fingerprint density at radius 1 is 1.05 bits per heavy atom. The molecule has 0 unspecified atom stereocenters. The molecule has 0 fully saturated rings. The Hall–Kier alpha value is -2.82. The number of methoxy groups -OCH3 is 1. The molecule has 0 saturated carbocycles. The minimum Gasteiger partial charge on any atom is -0.487 e. The predicted octanol–water partition coefficient (Wildman–Crippen LogP) is 3.01. The van der Waals surface area contributed by atoms with Gasteiger partial charge in [0.2, 0.25) is 5.91 Å². The molecule has 2 aromatic carbocycles. The Morgan fingerprint density at radius 2 is 1.73 bits per heavy atom. The van der Waals surface area contributed by atoms with Crippen molar-refractivity contribution in [3.05, 3.63) is 59.7 Å². The van der Waals surface area contributed by atoms with Crippen LogP contribution in [0.3, 0.4) is 0 Å². The monoisotopic (exact) mass is 299 g/mol. The van der Waals surface area contributed by atoms with Crippen LogP contribution in [-0.4, -0.2) is 19.0 Å². The van der Waals surface area contributed by atoms with Crippen LogP contribution in [0.4, 0.5) is 5.69 Å². The number of benzene rings is 2. The lowest BCUT2D eigenvalue weighted by Crippen LogP contribution is -2.08. The smallest absolute Gasteiger partial charge is 0.337 e. The van der Waals surface area contributed by atoms with E-state index in [1.54, 1.807) is 36.4 Å².